The predicted octanol–water partition coefficient (Wildman–Crippen LogP) is 2.90. The van der Waals surface area contributed by atoms with E-state index in [2.05, 4.69) is 4.72 Å². The van der Waals surface area contributed by atoms with E-state index in [4.69, 9.17) is 4.74 Å². The molecule has 1 N–H and O–H groups in total. The van der Waals surface area contributed by atoms with Gasteiger partial charge in [0.15, 0.2) is 0 Å². The first-order valence-corrected chi connectivity index (χ1v) is 9.76. The third-order valence-electron chi connectivity index (χ3n) is 4.06. The lowest BCUT2D eigenvalue weighted by Gasteiger charge is -2.20. The highest BCUT2D eigenvalue weighted by molar-refractivity contribution is 7.91. The number of benzene rings is 2. The molecule has 0 spiro atoms. The largest absolute Gasteiger partial charge is 0.494 e. The number of amides is 1. The van der Waals surface area contributed by atoms with E-state index in [1.54, 1.807) is 23.1 Å². The molecule has 0 aromatic heterocycles. The highest BCUT2D eigenvalue weighted by Gasteiger charge is 2.25. The monoisotopic (exact) mass is 378 g/mol. The van der Waals surface area contributed by atoms with Crippen LogP contribution in [0.4, 0.5) is 15.8 Å². The van der Waals surface area contributed by atoms with Gasteiger partial charge in [-0.1, -0.05) is 12.1 Å². The van der Waals surface area contributed by atoms with E-state index in [9.17, 15) is 17.6 Å². The molecule has 6 nitrogen and oxygen atoms in total. The first kappa shape index (κ1) is 18.2. The maximum absolute atomic E-state index is 13.2. The second-order valence-corrected chi connectivity index (χ2v) is 7.75. The predicted molar refractivity (Wildman–Crippen MR) is 97.2 cm³/mol. The summed E-state index contributed by atoms with van der Waals surface area (Å²) in [6.07, 6.45) is 1.27. The average molecular weight is 378 g/mol. The van der Waals surface area contributed by atoms with Crippen LogP contribution in [0.2, 0.25) is 0 Å². The minimum absolute atomic E-state index is 0.0164. The number of nitrogens with zero attached hydrogens (tertiary/aromatic N) is 1. The maximum atomic E-state index is 13.2. The Bertz CT molecular complexity index is 931. The number of sulfonamides is 1. The molecule has 0 aliphatic carbocycles. The third kappa shape index (κ3) is 4.13. The van der Waals surface area contributed by atoms with Gasteiger partial charge in [0.2, 0.25) is 15.9 Å². The lowest BCUT2D eigenvalue weighted by molar-refractivity contribution is -0.117. The van der Waals surface area contributed by atoms with E-state index in [0.717, 1.165) is 6.42 Å². The van der Waals surface area contributed by atoms with Crippen molar-refractivity contribution >= 4 is 27.3 Å². The van der Waals surface area contributed by atoms with Gasteiger partial charge in [-0.3, -0.25) is 9.52 Å². The quantitative estimate of drug-likeness (QED) is 0.839. The van der Waals surface area contributed by atoms with Crippen LogP contribution >= 0.6 is 0 Å². The highest BCUT2D eigenvalue weighted by Crippen LogP contribution is 2.34. The van der Waals surface area contributed by atoms with Crippen LogP contribution in [0.3, 0.4) is 0 Å². The third-order valence-corrected chi connectivity index (χ3v) is 5.32. The van der Waals surface area contributed by atoms with Crippen LogP contribution < -0.4 is 14.4 Å². The van der Waals surface area contributed by atoms with Crippen LogP contribution in [0, 0.1) is 5.82 Å². The van der Waals surface area contributed by atoms with Gasteiger partial charge in [-0.15, -0.1) is 0 Å². The van der Waals surface area contributed by atoms with E-state index in [1.807, 2.05) is 0 Å². The highest BCUT2D eigenvalue weighted by atomic mass is 32.2. The van der Waals surface area contributed by atoms with Crippen molar-refractivity contribution < 1.29 is 22.3 Å². The number of carbonyl (C=O) groups is 1. The van der Waals surface area contributed by atoms with Crippen LogP contribution in [0.25, 0.3) is 0 Å². The fraction of sp³-hybridized carbons (Fsp3) is 0.278. The fourth-order valence-corrected chi connectivity index (χ4v) is 4.11. The molecule has 0 saturated carbocycles. The Kier molecular flexibility index (Phi) is 5.13. The Hall–Kier alpha value is -2.61. The standard InChI is InChI=1S/C18H19FN2O4S/c1-25-17-11-15(7-8-16(17)21-9-3-6-18(21)22)20-26(23,24)12-13-4-2-5-14(19)10-13/h2,4-5,7-8,10-11,20H,3,6,9,12H2,1H3. The summed E-state index contributed by atoms with van der Waals surface area (Å²) in [6, 6.07) is 10.2. The number of hydrogen-bond acceptors (Lipinski definition) is 4. The van der Waals surface area contributed by atoms with Gasteiger partial charge in [0.25, 0.3) is 0 Å². The van der Waals surface area contributed by atoms with E-state index in [0.29, 0.717) is 35.7 Å². The summed E-state index contributed by atoms with van der Waals surface area (Å²) in [7, 11) is -2.26. The first-order valence-electron chi connectivity index (χ1n) is 8.11. The average Bonchev–Trinajstić information content (AvgIpc) is 2.99. The van der Waals surface area contributed by atoms with Crippen molar-refractivity contribution in [3.63, 3.8) is 0 Å². The molecule has 3 rings (SSSR count). The van der Waals surface area contributed by atoms with E-state index in [-0.39, 0.29) is 11.7 Å². The zero-order valence-electron chi connectivity index (χ0n) is 14.2. The van der Waals surface area contributed by atoms with Gasteiger partial charge >= 0.3 is 0 Å². The van der Waals surface area contributed by atoms with Crippen LogP contribution in [-0.4, -0.2) is 28.0 Å². The summed E-state index contributed by atoms with van der Waals surface area (Å²) in [6.45, 7) is 0.611. The number of rotatable bonds is 6. The molecule has 0 unspecified atom stereocenters. The maximum Gasteiger partial charge on any atom is 0.236 e. The zero-order chi connectivity index (χ0) is 18.7. The molecule has 1 aliphatic rings. The van der Waals surface area contributed by atoms with Crippen LogP contribution in [0.1, 0.15) is 18.4 Å². The zero-order valence-corrected chi connectivity index (χ0v) is 15.1. The first-order chi connectivity index (χ1) is 12.4. The van der Waals surface area contributed by atoms with Gasteiger partial charge in [0.1, 0.15) is 11.6 Å². The summed E-state index contributed by atoms with van der Waals surface area (Å²) in [5.74, 6) is -0.410. The molecule has 0 atom stereocenters. The second-order valence-electron chi connectivity index (χ2n) is 6.03. The minimum atomic E-state index is -3.72. The summed E-state index contributed by atoms with van der Waals surface area (Å²) >= 11 is 0. The van der Waals surface area contributed by atoms with Crippen molar-refractivity contribution in [2.45, 2.75) is 18.6 Å². The van der Waals surface area contributed by atoms with Crippen molar-refractivity contribution in [2.24, 2.45) is 0 Å². The molecule has 2 aromatic rings. The molecule has 2 aromatic carbocycles. The van der Waals surface area contributed by atoms with Gasteiger partial charge in [-0.2, -0.15) is 0 Å². The summed E-state index contributed by atoms with van der Waals surface area (Å²) in [5.41, 5.74) is 1.28. The van der Waals surface area contributed by atoms with E-state index >= 15 is 0 Å². The lowest BCUT2D eigenvalue weighted by atomic mass is 10.2. The molecule has 1 heterocycles. The molecule has 1 amide bonds. The Balaban J connectivity index is 1.80. The van der Waals surface area contributed by atoms with Crippen molar-refractivity contribution in [1.82, 2.24) is 0 Å². The molecule has 26 heavy (non-hydrogen) atoms. The summed E-state index contributed by atoms with van der Waals surface area (Å²) in [5, 5.41) is 0. The van der Waals surface area contributed by atoms with Crippen LogP contribution in [0.5, 0.6) is 5.75 Å². The topological polar surface area (TPSA) is 75.7 Å². The van der Waals surface area contributed by atoms with E-state index < -0.39 is 15.8 Å². The molecule has 8 heteroatoms. The minimum Gasteiger partial charge on any atom is -0.494 e. The Morgan fingerprint density at radius 2 is 2.04 bits per heavy atom. The number of ether oxygens (including phenoxy) is 1. The summed E-state index contributed by atoms with van der Waals surface area (Å²) in [4.78, 5) is 13.5. The number of carbonyl (C=O) groups excluding carboxylic acids is 1. The van der Waals surface area contributed by atoms with E-state index in [1.165, 1.54) is 31.4 Å². The van der Waals surface area contributed by atoms with Crippen molar-refractivity contribution in [3.05, 3.63) is 53.8 Å². The fourth-order valence-electron chi connectivity index (χ4n) is 2.93. The number of anilines is 2. The summed E-state index contributed by atoms with van der Waals surface area (Å²) < 4.78 is 45.7. The number of hydrogen-bond donors (Lipinski definition) is 1. The molecule has 0 radical (unpaired) electrons. The molecule has 1 fully saturated rings. The number of nitrogens with one attached hydrogen (secondary N) is 1. The number of halogens is 1. The van der Waals surface area contributed by atoms with Crippen molar-refractivity contribution in [1.29, 1.82) is 0 Å². The molecule has 0 bridgehead atoms. The Morgan fingerprint density at radius 3 is 2.69 bits per heavy atom. The molecule has 1 aliphatic heterocycles. The molecular formula is C18H19FN2O4S. The van der Waals surface area contributed by atoms with Gasteiger partial charge in [0.05, 0.1) is 24.2 Å². The Labute approximate surface area is 151 Å². The normalized spacial score (nSPS) is 14.5. The number of methoxy groups -OCH3 is 1. The van der Waals surface area contributed by atoms with Gasteiger partial charge < -0.3 is 9.64 Å². The van der Waals surface area contributed by atoms with Crippen molar-refractivity contribution in [2.75, 3.05) is 23.3 Å². The van der Waals surface area contributed by atoms with Gasteiger partial charge in [-0.05, 0) is 36.2 Å². The second kappa shape index (κ2) is 7.33. The Morgan fingerprint density at radius 1 is 1.23 bits per heavy atom. The van der Waals surface area contributed by atoms with Gasteiger partial charge in [-0.25, -0.2) is 12.8 Å². The molecular weight excluding hydrogens is 359 g/mol. The van der Waals surface area contributed by atoms with Crippen LogP contribution in [-0.2, 0) is 20.6 Å². The lowest BCUT2D eigenvalue weighted by Crippen LogP contribution is -2.24. The van der Waals surface area contributed by atoms with Gasteiger partial charge in [0, 0.05) is 19.0 Å². The van der Waals surface area contributed by atoms with Crippen LogP contribution in [0.15, 0.2) is 42.5 Å². The SMILES string of the molecule is COc1cc(NS(=O)(=O)Cc2cccc(F)c2)ccc1N1CCCC1=O. The smallest absolute Gasteiger partial charge is 0.236 e. The molecule has 138 valence electrons. The molecule has 1 saturated heterocycles. The van der Waals surface area contributed by atoms with Crippen molar-refractivity contribution in [3.8, 4) is 5.75 Å².